The van der Waals surface area contributed by atoms with E-state index in [-0.39, 0.29) is 23.1 Å². The van der Waals surface area contributed by atoms with Gasteiger partial charge in [-0.2, -0.15) is 0 Å². The van der Waals surface area contributed by atoms with Gasteiger partial charge in [0.2, 0.25) is 11.5 Å². The molecule has 0 aliphatic carbocycles. The third kappa shape index (κ3) is 3.41. The molecule has 2 heterocycles. The third-order valence-corrected chi connectivity index (χ3v) is 5.18. The smallest absolute Gasteiger partial charge is 0.379 e. The number of hydrogen-bond donors (Lipinski definition) is 0. The van der Waals surface area contributed by atoms with E-state index >= 15 is 0 Å². The Morgan fingerprint density at radius 3 is 2.59 bits per heavy atom. The van der Waals surface area contributed by atoms with Gasteiger partial charge in [-0.25, -0.2) is 4.79 Å². The molecule has 6 nitrogen and oxygen atoms in total. The Bertz CT molecular complexity index is 1390. The number of aryl methyl sites for hydroxylation is 1. The van der Waals surface area contributed by atoms with Gasteiger partial charge in [0, 0.05) is 11.5 Å². The number of fused-ring (bicyclic) bond motifs is 2. The van der Waals surface area contributed by atoms with Crippen LogP contribution in [0.1, 0.15) is 32.0 Å². The number of ketones is 1. The molecule has 0 saturated carbocycles. The van der Waals surface area contributed by atoms with E-state index in [9.17, 15) is 9.59 Å². The predicted octanol–water partition coefficient (Wildman–Crippen LogP) is 5.59. The van der Waals surface area contributed by atoms with Crippen LogP contribution in [-0.4, -0.2) is 18.9 Å². The molecule has 158 valence electrons. The van der Waals surface area contributed by atoms with Crippen molar-refractivity contribution in [3.8, 4) is 17.2 Å². The molecule has 0 saturated heterocycles. The fraction of sp³-hybridized carbons (Fsp3) is 0.0769. The molecule has 0 amide bonds. The zero-order valence-electron chi connectivity index (χ0n) is 17.4. The quantitative estimate of drug-likeness (QED) is 0.241. The number of ether oxygens (including phenoxy) is 3. The summed E-state index contributed by atoms with van der Waals surface area (Å²) in [5, 5.41) is 0.728. The standard InChI is InChI=1S/C26H18O6/c1-15-11-18(30-26(28)22-13-17-9-6-10-19(29-2)25(17)32-22)14-20-23(15)24(27)21(31-20)12-16-7-4-3-5-8-16/h3-14H,1-2H3/b21-12-. The van der Waals surface area contributed by atoms with Gasteiger partial charge in [-0.1, -0.05) is 42.5 Å². The van der Waals surface area contributed by atoms with Gasteiger partial charge in [-0.15, -0.1) is 0 Å². The van der Waals surface area contributed by atoms with Crippen LogP contribution >= 0.6 is 0 Å². The van der Waals surface area contributed by atoms with E-state index in [2.05, 4.69) is 0 Å². The van der Waals surface area contributed by atoms with Crippen molar-refractivity contribution in [2.75, 3.05) is 7.11 Å². The number of rotatable bonds is 4. The van der Waals surface area contributed by atoms with Crippen molar-refractivity contribution in [2.45, 2.75) is 6.92 Å². The first kappa shape index (κ1) is 19.6. The molecule has 1 aliphatic heterocycles. The molecule has 1 aliphatic rings. The average molecular weight is 426 g/mol. The highest BCUT2D eigenvalue weighted by molar-refractivity contribution is 6.15. The monoisotopic (exact) mass is 426 g/mol. The molecular weight excluding hydrogens is 408 g/mol. The van der Waals surface area contributed by atoms with Crippen molar-refractivity contribution in [1.82, 2.24) is 0 Å². The summed E-state index contributed by atoms with van der Waals surface area (Å²) in [5.41, 5.74) is 2.43. The van der Waals surface area contributed by atoms with Gasteiger partial charge in [-0.05, 0) is 42.3 Å². The molecule has 4 aromatic rings. The lowest BCUT2D eigenvalue weighted by Crippen LogP contribution is -2.07. The topological polar surface area (TPSA) is 75.0 Å². The molecule has 0 unspecified atom stereocenters. The number of allylic oxidation sites excluding steroid dienone is 1. The van der Waals surface area contributed by atoms with Crippen LogP contribution in [0, 0.1) is 6.92 Å². The van der Waals surface area contributed by atoms with Crippen LogP contribution in [-0.2, 0) is 0 Å². The fourth-order valence-electron chi connectivity index (χ4n) is 3.69. The van der Waals surface area contributed by atoms with Crippen molar-refractivity contribution < 1.29 is 28.2 Å². The zero-order valence-corrected chi connectivity index (χ0v) is 17.4. The van der Waals surface area contributed by atoms with E-state index in [4.69, 9.17) is 18.6 Å². The number of Topliss-reactive ketones (excluding diaryl/α,β-unsaturated/α-hetero) is 1. The van der Waals surface area contributed by atoms with E-state index in [1.54, 1.807) is 31.2 Å². The van der Waals surface area contributed by atoms with Crippen LogP contribution in [0.25, 0.3) is 17.0 Å². The van der Waals surface area contributed by atoms with Crippen LogP contribution in [0.5, 0.6) is 17.2 Å². The number of para-hydroxylation sites is 1. The lowest BCUT2D eigenvalue weighted by atomic mass is 10.0. The van der Waals surface area contributed by atoms with Crippen molar-refractivity contribution in [1.29, 1.82) is 0 Å². The van der Waals surface area contributed by atoms with Gasteiger partial charge in [-0.3, -0.25) is 4.79 Å². The molecule has 0 fully saturated rings. The molecule has 0 radical (unpaired) electrons. The van der Waals surface area contributed by atoms with Crippen LogP contribution in [0.4, 0.5) is 0 Å². The SMILES string of the molecule is COc1cccc2cc(C(=O)Oc3cc(C)c4c(c3)O/C(=C\c3ccccc3)C4=O)oc12. The Kier molecular flexibility index (Phi) is 4.75. The summed E-state index contributed by atoms with van der Waals surface area (Å²) < 4.78 is 22.2. The van der Waals surface area contributed by atoms with Gasteiger partial charge in [0.1, 0.15) is 11.5 Å². The van der Waals surface area contributed by atoms with E-state index in [1.807, 2.05) is 42.5 Å². The normalized spacial score (nSPS) is 13.8. The summed E-state index contributed by atoms with van der Waals surface area (Å²) in [5.74, 6) is 0.542. The number of esters is 1. The predicted molar refractivity (Wildman–Crippen MR) is 118 cm³/mol. The maximum absolute atomic E-state index is 12.8. The highest BCUT2D eigenvalue weighted by Crippen LogP contribution is 2.38. The molecule has 1 aromatic heterocycles. The van der Waals surface area contributed by atoms with Gasteiger partial charge >= 0.3 is 5.97 Å². The second-order valence-corrected chi connectivity index (χ2v) is 7.34. The molecule has 32 heavy (non-hydrogen) atoms. The Labute approximate surface area is 183 Å². The Balaban J connectivity index is 1.42. The van der Waals surface area contributed by atoms with Crippen LogP contribution in [0.15, 0.2) is 76.9 Å². The van der Waals surface area contributed by atoms with E-state index in [1.165, 1.54) is 13.2 Å². The van der Waals surface area contributed by atoms with E-state index in [0.29, 0.717) is 28.2 Å². The van der Waals surface area contributed by atoms with Crippen LogP contribution < -0.4 is 14.2 Å². The maximum atomic E-state index is 12.8. The van der Waals surface area contributed by atoms with Gasteiger partial charge in [0.25, 0.3) is 0 Å². The number of hydrogen-bond acceptors (Lipinski definition) is 6. The van der Waals surface area contributed by atoms with Crippen molar-refractivity contribution in [3.63, 3.8) is 0 Å². The Morgan fingerprint density at radius 2 is 1.81 bits per heavy atom. The summed E-state index contributed by atoms with van der Waals surface area (Å²) >= 11 is 0. The Morgan fingerprint density at radius 1 is 1.00 bits per heavy atom. The van der Waals surface area contributed by atoms with Crippen LogP contribution in [0.2, 0.25) is 0 Å². The minimum absolute atomic E-state index is 0.0457. The summed E-state index contributed by atoms with van der Waals surface area (Å²) in [4.78, 5) is 25.5. The minimum Gasteiger partial charge on any atom is -0.493 e. The van der Waals surface area contributed by atoms with E-state index < -0.39 is 5.97 Å². The van der Waals surface area contributed by atoms with Gasteiger partial charge < -0.3 is 18.6 Å². The van der Waals surface area contributed by atoms with Crippen LogP contribution in [0.3, 0.4) is 0 Å². The zero-order chi connectivity index (χ0) is 22.2. The third-order valence-electron chi connectivity index (χ3n) is 5.18. The van der Waals surface area contributed by atoms with Gasteiger partial charge in [0.05, 0.1) is 12.7 Å². The molecule has 0 atom stereocenters. The highest BCUT2D eigenvalue weighted by atomic mass is 16.6. The largest absolute Gasteiger partial charge is 0.493 e. The number of carbonyl (C=O) groups excluding carboxylic acids is 2. The highest BCUT2D eigenvalue weighted by Gasteiger charge is 2.30. The molecule has 0 spiro atoms. The Hall–Kier alpha value is -4.32. The molecule has 6 heteroatoms. The first-order valence-electron chi connectivity index (χ1n) is 9.96. The molecule has 0 N–H and O–H groups in total. The second-order valence-electron chi connectivity index (χ2n) is 7.34. The summed E-state index contributed by atoms with van der Waals surface area (Å²) in [6, 6.07) is 19.6. The first-order valence-corrected chi connectivity index (χ1v) is 9.96. The average Bonchev–Trinajstić information content (AvgIpc) is 3.36. The van der Waals surface area contributed by atoms with E-state index in [0.717, 1.165) is 10.9 Å². The van der Waals surface area contributed by atoms with Crippen molar-refractivity contribution in [2.24, 2.45) is 0 Å². The number of methoxy groups -OCH3 is 1. The fourth-order valence-corrected chi connectivity index (χ4v) is 3.69. The molecule has 3 aromatic carbocycles. The summed E-state index contributed by atoms with van der Waals surface area (Å²) in [7, 11) is 1.53. The number of furan rings is 1. The maximum Gasteiger partial charge on any atom is 0.379 e. The van der Waals surface area contributed by atoms with Crippen molar-refractivity contribution >= 4 is 28.8 Å². The second kappa shape index (κ2) is 7.74. The first-order chi connectivity index (χ1) is 15.5. The molecular formula is C26H18O6. The van der Waals surface area contributed by atoms with Gasteiger partial charge in [0.15, 0.2) is 17.1 Å². The number of benzene rings is 3. The molecule has 5 rings (SSSR count). The summed E-state index contributed by atoms with van der Waals surface area (Å²) in [6.07, 6.45) is 1.69. The molecule has 0 bridgehead atoms. The minimum atomic E-state index is -0.660. The summed E-state index contributed by atoms with van der Waals surface area (Å²) in [6.45, 7) is 1.77. The lowest BCUT2D eigenvalue weighted by Gasteiger charge is -2.06. The van der Waals surface area contributed by atoms with Crippen molar-refractivity contribution in [3.05, 3.63) is 94.9 Å². The number of carbonyl (C=O) groups is 2. The lowest BCUT2D eigenvalue weighted by molar-refractivity contribution is 0.0703.